The van der Waals surface area contributed by atoms with Crippen molar-refractivity contribution in [2.24, 2.45) is 5.92 Å². The molecule has 1 aliphatic carbocycles. The average Bonchev–Trinajstić information content (AvgIpc) is 3.55. The van der Waals surface area contributed by atoms with Gasteiger partial charge >= 0.3 is 0 Å². The van der Waals surface area contributed by atoms with Crippen molar-refractivity contribution in [2.45, 2.75) is 89.1 Å². The highest BCUT2D eigenvalue weighted by Gasteiger charge is 2.71. The fourth-order valence-corrected chi connectivity index (χ4v) is 5.76. The molecule has 0 aromatic carbocycles. The van der Waals surface area contributed by atoms with Crippen LogP contribution in [0.5, 0.6) is 0 Å². The lowest BCUT2D eigenvalue weighted by molar-refractivity contribution is -0.115. The summed E-state index contributed by atoms with van der Waals surface area (Å²) >= 11 is 0. The second kappa shape index (κ2) is 8.85. The van der Waals surface area contributed by atoms with Crippen LogP contribution in [0, 0.1) is 5.92 Å². The first-order chi connectivity index (χ1) is 14.4. The molecule has 5 nitrogen and oxygen atoms in total. The van der Waals surface area contributed by atoms with E-state index in [4.69, 9.17) is 14.2 Å². The summed E-state index contributed by atoms with van der Waals surface area (Å²) in [4.78, 5) is 15.2. The number of hydrogen-bond donors (Lipinski definition) is 0. The molecule has 4 rings (SSSR count). The quantitative estimate of drug-likeness (QED) is 0.322. The van der Waals surface area contributed by atoms with E-state index in [1.807, 2.05) is 6.08 Å². The van der Waals surface area contributed by atoms with E-state index in [2.05, 4.69) is 31.7 Å². The molecule has 3 aliphatic heterocycles. The zero-order chi connectivity index (χ0) is 21.4. The van der Waals surface area contributed by atoms with Gasteiger partial charge in [0.1, 0.15) is 11.2 Å². The normalized spacial score (nSPS) is 39.5. The first-order valence-corrected chi connectivity index (χ1v) is 11.8. The third kappa shape index (κ3) is 4.59. The topological polar surface area (TPSA) is 54.6 Å². The van der Waals surface area contributed by atoms with Crippen LogP contribution in [0.2, 0.25) is 0 Å². The minimum atomic E-state index is -0.249. The Morgan fingerprint density at radius 1 is 1.30 bits per heavy atom. The number of ether oxygens (including phenoxy) is 3. The molecule has 0 radical (unpaired) electrons. The third-order valence-corrected chi connectivity index (χ3v) is 7.62. The highest BCUT2D eigenvalue weighted by Crippen LogP contribution is 2.60. The Labute approximate surface area is 181 Å². The Bertz CT molecular complexity index is 700. The molecule has 0 N–H and O–H groups in total. The molecule has 0 amide bonds. The van der Waals surface area contributed by atoms with Gasteiger partial charge in [0.25, 0.3) is 0 Å². The van der Waals surface area contributed by atoms with E-state index in [9.17, 15) is 4.79 Å². The van der Waals surface area contributed by atoms with Crippen molar-refractivity contribution in [3.63, 3.8) is 0 Å². The molecule has 5 heteroatoms. The number of hydrogen-bond acceptors (Lipinski definition) is 5. The van der Waals surface area contributed by atoms with Crippen LogP contribution in [0.15, 0.2) is 23.3 Å². The maximum Gasteiger partial charge on any atom is 0.155 e. The predicted octanol–water partition coefficient (Wildman–Crippen LogP) is 4.07. The summed E-state index contributed by atoms with van der Waals surface area (Å²) in [6, 6.07) is 0. The van der Waals surface area contributed by atoms with Gasteiger partial charge in [0.2, 0.25) is 0 Å². The molecular formula is C25H39NO4. The number of ketones is 1. The second-order valence-corrected chi connectivity index (χ2v) is 10.1. The molecule has 5 atom stereocenters. The molecule has 168 valence electrons. The largest absolute Gasteiger partial charge is 0.377 e. The molecule has 0 unspecified atom stereocenters. The summed E-state index contributed by atoms with van der Waals surface area (Å²) in [6.07, 6.45) is 11.2. The number of carbonyl (C=O) groups excluding carboxylic acids is 1. The van der Waals surface area contributed by atoms with Crippen molar-refractivity contribution in [1.29, 1.82) is 0 Å². The predicted molar refractivity (Wildman–Crippen MR) is 118 cm³/mol. The highest BCUT2D eigenvalue weighted by molar-refractivity contribution is 5.90. The number of carbonyl (C=O) groups is 1. The van der Waals surface area contributed by atoms with Gasteiger partial charge in [0.05, 0.1) is 24.7 Å². The van der Waals surface area contributed by atoms with Crippen molar-refractivity contribution < 1.29 is 19.0 Å². The van der Waals surface area contributed by atoms with E-state index in [1.165, 1.54) is 31.5 Å². The molecule has 3 saturated heterocycles. The van der Waals surface area contributed by atoms with Gasteiger partial charge in [-0.1, -0.05) is 11.6 Å². The highest BCUT2D eigenvalue weighted by atomic mass is 16.6. The molecule has 0 bridgehead atoms. The van der Waals surface area contributed by atoms with E-state index < -0.39 is 0 Å². The molecule has 0 aromatic rings. The lowest BCUT2D eigenvalue weighted by Gasteiger charge is -2.40. The maximum atomic E-state index is 12.7. The number of allylic oxidation sites excluding steroid dienone is 2. The molecule has 30 heavy (non-hydrogen) atoms. The van der Waals surface area contributed by atoms with Gasteiger partial charge in [-0.05, 0) is 90.6 Å². The Kier molecular flexibility index (Phi) is 6.55. The average molecular weight is 418 g/mol. The van der Waals surface area contributed by atoms with Crippen LogP contribution in [-0.4, -0.2) is 67.4 Å². The number of nitrogens with zero attached hydrogens (tertiary/aromatic N) is 1. The van der Waals surface area contributed by atoms with Gasteiger partial charge in [-0.25, -0.2) is 0 Å². The van der Waals surface area contributed by atoms with Crippen molar-refractivity contribution in [1.82, 2.24) is 4.90 Å². The fraction of sp³-hybridized carbons (Fsp3) is 0.800. The molecule has 1 saturated carbocycles. The first kappa shape index (κ1) is 22.2. The Hall–Kier alpha value is -1.01. The molecular weight excluding hydrogens is 378 g/mol. The van der Waals surface area contributed by atoms with Crippen molar-refractivity contribution >= 4 is 5.78 Å². The summed E-state index contributed by atoms with van der Waals surface area (Å²) < 4.78 is 18.3. The van der Waals surface area contributed by atoms with E-state index in [0.717, 1.165) is 44.4 Å². The van der Waals surface area contributed by atoms with Gasteiger partial charge in [-0.3, -0.25) is 4.79 Å². The Balaban J connectivity index is 1.41. The fourth-order valence-electron chi connectivity index (χ4n) is 5.76. The van der Waals surface area contributed by atoms with Crippen LogP contribution in [0.3, 0.4) is 0 Å². The van der Waals surface area contributed by atoms with Crippen molar-refractivity contribution in [3.8, 4) is 0 Å². The summed E-state index contributed by atoms with van der Waals surface area (Å²) in [7, 11) is 1.77. The zero-order valence-corrected chi connectivity index (χ0v) is 19.2. The molecule has 0 aromatic heterocycles. The van der Waals surface area contributed by atoms with Crippen molar-refractivity contribution in [2.75, 3.05) is 33.4 Å². The Morgan fingerprint density at radius 2 is 2.03 bits per heavy atom. The smallest absolute Gasteiger partial charge is 0.155 e. The van der Waals surface area contributed by atoms with Crippen LogP contribution in [0.25, 0.3) is 0 Å². The number of methoxy groups -OCH3 is 1. The van der Waals surface area contributed by atoms with E-state index in [-0.39, 0.29) is 35.1 Å². The summed E-state index contributed by atoms with van der Waals surface area (Å²) in [5.74, 6) is 0.378. The zero-order valence-electron chi connectivity index (χ0n) is 19.2. The van der Waals surface area contributed by atoms with Crippen LogP contribution < -0.4 is 0 Å². The summed E-state index contributed by atoms with van der Waals surface area (Å²) in [5.41, 5.74) is 2.07. The first-order valence-electron chi connectivity index (χ1n) is 11.8. The minimum Gasteiger partial charge on any atom is -0.377 e. The molecule has 4 aliphatic rings. The van der Waals surface area contributed by atoms with Gasteiger partial charge in [-0.2, -0.15) is 0 Å². The standard InChI is InChI=1S/C25H39NO4/c1-18(2)9-10-21-24(3,30-21)23-22(28-4)19(11-12-25(23)17-29-25)16-20(27)8-7-15-26-13-5-6-14-26/h9,16,21-23H,5-8,10-15,17H2,1-4H3/b19-16-/t21-,22-,23-,24+,25+/m1/s1. The second-order valence-electron chi connectivity index (χ2n) is 10.1. The Morgan fingerprint density at radius 3 is 2.67 bits per heavy atom. The molecule has 3 heterocycles. The lowest BCUT2D eigenvalue weighted by Crippen LogP contribution is -2.50. The maximum absolute atomic E-state index is 12.7. The minimum absolute atomic E-state index is 0.106. The van der Waals surface area contributed by atoms with Gasteiger partial charge < -0.3 is 19.1 Å². The van der Waals surface area contributed by atoms with E-state index in [1.54, 1.807) is 7.11 Å². The van der Waals surface area contributed by atoms with Crippen LogP contribution in [-0.2, 0) is 19.0 Å². The number of rotatable bonds is 9. The summed E-state index contributed by atoms with van der Waals surface area (Å²) in [6.45, 7) is 10.7. The van der Waals surface area contributed by atoms with Crippen LogP contribution in [0.1, 0.15) is 65.7 Å². The van der Waals surface area contributed by atoms with Gasteiger partial charge in [-0.15, -0.1) is 0 Å². The van der Waals surface area contributed by atoms with Crippen molar-refractivity contribution in [3.05, 3.63) is 23.3 Å². The third-order valence-electron chi connectivity index (χ3n) is 7.62. The lowest BCUT2D eigenvalue weighted by atomic mass is 9.67. The summed E-state index contributed by atoms with van der Waals surface area (Å²) in [5, 5.41) is 0. The SMILES string of the molecule is CO[C@@H]1/C(=C\C(=O)CCCN2CCCC2)CC[C@]2(CO2)[C@H]1[C@@]1(C)O[C@@H]1CC=C(C)C. The van der Waals surface area contributed by atoms with E-state index in [0.29, 0.717) is 6.42 Å². The van der Waals surface area contributed by atoms with Gasteiger partial charge in [0, 0.05) is 13.5 Å². The molecule has 1 spiro atoms. The number of epoxide rings is 2. The number of likely N-dealkylation sites (tertiary alicyclic amines) is 1. The van der Waals surface area contributed by atoms with Gasteiger partial charge in [0.15, 0.2) is 5.78 Å². The van der Waals surface area contributed by atoms with E-state index >= 15 is 0 Å². The molecule has 4 fully saturated rings. The van der Waals surface area contributed by atoms with Crippen LogP contribution >= 0.6 is 0 Å². The van der Waals surface area contributed by atoms with Crippen LogP contribution in [0.4, 0.5) is 0 Å². The monoisotopic (exact) mass is 417 g/mol.